The molecule has 0 fully saturated rings. The number of alkyl halides is 3. The highest BCUT2D eigenvalue weighted by Crippen LogP contribution is 2.36. The highest BCUT2D eigenvalue weighted by molar-refractivity contribution is 5.99. The molecule has 1 aromatic heterocycles. The van der Waals surface area contributed by atoms with E-state index in [1.807, 2.05) is 0 Å². The van der Waals surface area contributed by atoms with Gasteiger partial charge in [-0.15, -0.1) is 0 Å². The third kappa shape index (κ3) is 4.43. The first-order valence-electron chi connectivity index (χ1n) is 8.41. The van der Waals surface area contributed by atoms with Gasteiger partial charge in [-0.05, 0) is 29.3 Å². The Bertz CT molecular complexity index is 1060. The topological polar surface area (TPSA) is 90.8 Å². The molecular weight excluding hydrogens is 405 g/mol. The van der Waals surface area contributed by atoms with Gasteiger partial charge in [-0.1, -0.05) is 24.3 Å². The van der Waals surface area contributed by atoms with E-state index in [0.29, 0.717) is 0 Å². The second-order valence-corrected chi connectivity index (χ2v) is 5.90. The Balaban J connectivity index is 2.10. The second-order valence-electron chi connectivity index (χ2n) is 5.90. The molecule has 2 aromatic carbocycles. The maximum absolute atomic E-state index is 13.1. The zero-order chi connectivity index (χ0) is 21.9. The van der Waals surface area contributed by atoms with E-state index in [4.69, 9.17) is 14.2 Å². The number of carboxylic acids is 1. The van der Waals surface area contributed by atoms with Crippen molar-refractivity contribution in [1.82, 2.24) is 9.97 Å². The van der Waals surface area contributed by atoms with Crippen molar-refractivity contribution >= 4 is 5.97 Å². The van der Waals surface area contributed by atoms with Crippen LogP contribution in [0.1, 0.15) is 15.9 Å². The molecule has 0 spiro atoms. The minimum absolute atomic E-state index is 0.0426. The van der Waals surface area contributed by atoms with E-state index in [2.05, 4.69) is 9.97 Å². The van der Waals surface area contributed by atoms with Gasteiger partial charge in [-0.25, -0.2) is 4.79 Å². The van der Waals surface area contributed by atoms with Gasteiger partial charge >= 0.3 is 18.2 Å². The Morgan fingerprint density at radius 3 is 2.17 bits per heavy atom. The maximum atomic E-state index is 13.1. The fourth-order valence-electron chi connectivity index (χ4n) is 2.68. The molecule has 0 unspecified atom stereocenters. The Morgan fingerprint density at radius 2 is 1.60 bits per heavy atom. The molecule has 10 heteroatoms. The average Bonchev–Trinajstić information content (AvgIpc) is 2.72. The highest BCUT2D eigenvalue weighted by Gasteiger charge is 2.31. The lowest BCUT2D eigenvalue weighted by Crippen LogP contribution is -2.07. The van der Waals surface area contributed by atoms with Gasteiger partial charge in [-0.3, -0.25) is 0 Å². The summed E-state index contributed by atoms with van der Waals surface area (Å²) in [6.07, 6.45) is -4.57. The molecule has 0 bridgehead atoms. The number of carbonyl (C=O) groups is 1. The number of ether oxygens (including phenoxy) is 3. The van der Waals surface area contributed by atoms with Crippen LogP contribution in [0.15, 0.2) is 48.5 Å². The Hall–Kier alpha value is -3.82. The van der Waals surface area contributed by atoms with E-state index in [1.54, 1.807) is 0 Å². The molecule has 0 amide bonds. The molecule has 7 nitrogen and oxygen atoms in total. The van der Waals surface area contributed by atoms with Gasteiger partial charge in [0.05, 0.1) is 25.8 Å². The standard InChI is InChI=1S/C20H15F3N2O5/c1-28-15-10-16(29-2)25-19(24-15)30-14-8-4-7-13(17(14)18(26)27)11-5-3-6-12(9-11)20(21,22)23/h3-10H,1-2H3,(H,26,27). The number of hydrogen-bond donors (Lipinski definition) is 1. The number of methoxy groups -OCH3 is 2. The summed E-state index contributed by atoms with van der Waals surface area (Å²) in [7, 11) is 2.73. The maximum Gasteiger partial charge on any atom is 0.416 e. The average molecular weight is 420 g/mol. The fraction of sp³-hybridized carbons (Fsp3) is 0.150. The molecule has 30 heavy (non-hydrogen) atoms. The van der Waals surface area contributed by atoms with Crippen molar-refractivity contribution in [2.24, 2.45) is 0 Å². The van der Waals surface area contributed by atoms with Crippen LogP contribution in [0, 0.1) is 0 Å². The third-order valence-corrected chi connectivity index (χ3v) is 4.02. The van der Waals surface area contributed by atoms with Crippen LogP contribution in [0.25, 0.3) is 11.1 Å². The number of carboxylic acid groups (broad SMARTS) is 1. The molecule has 0 atom stereocenters. The summed E-state index contributed by atoms with van der Waals surface area (Å²) in [5.74, 6) is -1.33. The van der Waals surface area contributed by atoms with Crippen LogP contribution in [0.2, 0.25) is 0 Å². The molecule has 0 aliphatic carbocycles. The molecule has 1 N–H and O–H groups in total. The summed E-state index contributed by atoms with van der Waals surface area (Å²) in [5.41, 5.74) is -1.14. The monoisotopic (exact) mass is 420 g/mol. The minimum Gasteiger partial charge on any atom is -0.481 e. The largest absolute Gasteiger partial charge is 0.481 e. The van der Waals surface area contributed by atoms with Crippen LogP contribution in [0.5, 0.6) is 23.5 Å². The van der Waals surface area contributed by atoms with E-state index in [-0.39, 0.29) is 40.2 Å². The van der Waals surface area contributed by atoms with Crippen LogP contribution in [0.3, 0.4) is 0 Å². The van der Waals surface area contributed by atoms with Crippen molar-refractivity contribution < 1.29 is 37.3 Å². The number of aromatic nitrogens is 2. The quantitative estimate of drug-likeness (QED) is 0.620. The summed E-state index contributed by atoms with van der Waals surface area (Å²) in [5, 5.41) is 9.72. The van der Waals surface area contributed by atoms with E-state index < -0.39 is 17.7 Å². The van der Waals surface area contributed by atoms with Gasteiger partial charge in [0.25, 0.3) is 0 Å². The van der Waals surface area contributed by atoms with Crippen LogP contribution in [0.4, 0.5) is 13.2 Å². The minimum atomic E-state index is -4.57. The summed E-state index contributed by atoms with van der Waals surface area (Å²) in [6.45, 7) is 0. The SMILES string of the molecule is COc1cc(OC)nc(Oc2cccc(-c3cccc(C(F)(F)F)c3)c2C(=O)O)n1. The summed E-state index contributed by atoms with van der Waals surface area (Å²) in [6, 6.07) is 9.68. The van der Waals surface area contributed by atoms with Gasteiger partial charge in [0.2, 0.25) is 11.8 Å². The summed E-state index contributed by atoms with van der Waals surface area (Å²) >= 11 is 0. The van der Waals surface area contributed by atoms with Gasteiger partial charge in [0, 0.05) is 0 Å². The van der Waals surface area contributed by atoms with E-state index >= 15 is 0 Å². The highest BCUT2D eigenvalue weighted by atomic mass is 19.4. The predicted octanol–water partition coefficient (Wildman–Crippen LogP) is 4.67. The molecular formula is C20H15F3N2O5. The number of rotatable bonds is 6. The first-order valence-corrected chi connectivity index (χ1v) is 8.41. The number of nitrogens with zero attached hydrogens (tertiary/aromatic N) is 2. The zero-order valence-electron chi connectivity index (χ0n) is 15.7. The Kier molecular flexibility index (Phi) is 5.77. The van der Waals surface area contributed by atoms with Crippen molar-refractivity contribution in [2.75, 3.05) is 14.2 Å². The van der Waals surface area contributed by atoms with Gasteiger partial charge in [0.1, 0.15) is 11.3 Å². The smallest absolute Gasteiger partial charge is 0.416 e. The predicted molar refractivity (Wildman–Crippen MR) is 99.0 cm³/mol. The first-order chi connectivity index (χ1) is 14.2. The number of hydrogen-bond acceptors (Lipinski definition) is 6. The molecule has 0 radical (unpaired) electrons. The fourth-order valence-corrected chi connectivity index (χ4v) is 2.68. The normalized spacial score (nSPS) is 11.1. The lowest BCUT2D eigenvalue weighted by atomic mass is 9.97. The van der Waals surface area contributed by atoms with E-state index in [1.165, 1.54) is 50.6 Å². The number of benzene rings is 2. The lowest BCUT2D eigenvalue weighted by molar-refractivity contribution is -0.137. The lowest BCUT2D eigenvalue weighted by Gasteiger charge is -2.14. The molecule has 3 rings (SSSR count). The van der Waals surface area contributed by atoms with E-state index in [0.717, 1.165) is 12.1 Å². The summed E-state index contributed by atoms with van der Waals surface area (Å²) in [4.78, 5) is 19.9. The molecule has 0 saturated heterocycles. The molecule has 0 saturated carbocycles. The molecule has 0 aliphatic heterocycles. The number of halogens is 3. The second kappa shape index (κ2) is 8.27. The Labute approximate surface area is 168 Å². The van der Waals surface area contributed by atoms with E-state index in [9.17, 15) is 23.1 Å². The van der Waals surface area contributed by atoms with Crippen LogP contribution < -0.4 is 14.2 Å². The van der Waals surface area contributed by atoms with Gasteiger partial charge in [0.15, 0.2) is 0 Å². The van der Waals surface area contributed by atoms with Gasteiger partial charge < -0.3 is 19.3 Å². The van der Waals surface area contributed by atoms with Crippen LogP contribution in [-0.2, 0) is 6.18 Å². The van der Waals surface area contributed by atoms with Crippen molar-refractivity contribution in [3.63, 3.8) is 0 Å². The number of aromatic carboxylic acids is 1. The molecule has 0 aliphatic rings. The Morgan fingerprint density at radius 1 is 0.967 bits per heavy atom. The van der Waals surface area contributed by atoms with Crippen LogP contribution >= 0.6 is 0 Å². The van der Waals surface area contributed by atoms with Crippen LogP contribution in [-0.4, -0.2) is 35.3 Å². The third-order valence-electron chi connectivity index (χ3n) is 4.02. The van der Waals surface area contributed by atoms with Crippen molar-refractivity contribution in [1.29, 1.82) is 0 Å². The molecule has 1 heterocycles. The molecule has 156 valence electrons. The van der Waals surface area contributed by atoms with Crippen molar-refractivity contribution in [3.8, 4) is 34.6 Å². The summed E-state index contributed by atoms with van der Waals surface area (Å²) < 4.78 is 54.8. The van der Waals surface area contributed by atoms with Crippen molar-refractivity contribution in [3.05, 3.63) is 59.7 Å². The zero-order valence-corrected chi connectivity index (χ0v) is 15.7. The molecule has 3 aromatic rings. The van der Waals surface area contributed by atoms with Crippen molar-refractivity contribution in [2.45, 2.75) is 6.18 Å². The van der Waals surface area contributed by atoms with Gasteiger partial charge in [-0.2, -0.15) is 23.1 Å². The first kappa shape index (κ1) is 20.9.